The van der Waals surface area contributed by atoms with Crippen molar-refractivity contribution in [1.29, 1.82) is 0 Å². The molecule has 0 bridgehead atoms. The molecule has 262 valence electrons. The van der Waals surface area contributed by atoms with Gasteiger partial charge in [0.1, 0.15) is 0 Å². The number of carbonyl (C=O) groups is 2. The van der Waals surface area contributed by atoms with Crippen LogP contribution in [0.25, 0.3) is 21.8 Å². The van der Waals surface area contributed by atoms with Gasteiger partial charge in [-0.25, -0.2) is 0 Å². The SMILES string of the molecule is C=CCC(C=C)C(=O)Nc1cccc2cccnc12.C=CCC1C(=O)N(c2cccc3cccnc23)C1CCc1ccccc1.Cc1ccccc1. The van der Waals surface area contributed by atoms with Crippen LogP contribution in [0.2, 0.25) is 0 Å². The van der Waals surface area contributed by atoms with E-state index >= 15 is 0 Å². The summed E-state index contributed by atoms with van der Waals surface area (Å²) in [5.41, 5.74) is 5.96. The number of β-lactam (4-membered cyclic amide) rings is 1. The van der Waals surface area contributed by atoms with E-state index in [1.807, 2.05) is 95.9 Å². The molecule has 2 aromatic heterocycles. The van der Waals surface area contributed by atoms with Gasteiger partial charge in [-0.3, -0.25) is 19.6 Å². The normalized spacial score (nSPS) is 15.2. The third kappa shape index (κ3) is 9.34. The number of carbonyl (C=O) groups excluding carboxylic acids is 2. The number of benzene rings is 4. The van der Waals surface area contributed by atoms with Crippen molar-refractivity contribution in [2.24, 2.45) is 11.8 Å². The van der Waals surface area contributed by atoms with Crippen molar-refractivity contribution in [2.45, 2.75) is 38.6 Å². The van der Waals surface area contributed by atoms with Gasteiger partial charge >= 0.3 is 0 Å². The van der Waals surface area contributed by atoms with Crippen LogP contribution in [0.5, 0.6) is 0 Å². The highest BCUT2D eigenvalue weighted by atomic mass is 16.2. The van der Waals surface area contributed by atoms with Crippen LogP contribution in [0, 0.1) is 18.8 Å². The summed E-state index contributed by atoms with van der Waals surface area (Å²) in [5, 5.41) is 4.96. The van der Waals surface area contributed by atoms with Gasteiger partial charge in [-0.15, -0.1) is 19.7 Å². The molecule has 1 aliphatic heterocycles. The number of nitrogens with one attached hydrogen (secondary N) is 1. The number of rotatable bonds is 11. The topological polar surface area (TPSA) is 75.2 Å². The monoisotopic (exact) mass is 686 g/mol. The number of amides is 2. The van der Waals surface area contributed by atoms with Crippen LogP contribution in [0.1, 0.15) is 30.4 Å². The smallest absolute Gasteiger partial charge is 0.232 e. The largest absolute Gasteiger partial charge is 0.324 e. The van der Waals surface area contributed by atoms with E-state index in [4.69, 9.17) is 0 Å². The lowest BCUT2D eigenvalue weighted by atomic mass is 9.80. The van der Waals surface area contributed by atoms with Gasteiger partial charge in [0.15, 0.2) is 0 Å². The first-order chi connectivity index (χ1) is 25.4. The van der Waals surface area contributed by atoms with E-state index < -0.39 is 0 Å². The Kier molecular flexibility index (Phi) is 13.4. The summed E-state index contributed by atoms with van der Waals surface area (Å²) in [4.78, 5) is 35.8. The van der Waals surface area contributed by atoms with Crippen LogP contribution < -0.4 is 10.2 Å². The molecular formula is C46H46N4O2. The number of nitrogens with zero attached hydrogens (tertiary/aromatic N) is 3. The molecule has 3 unspecified atom stereocenters. The van der Waals surface area contributed by atoms with Gasteiger partial charge in [-0.2, -0.15) is 0 Å². The van der Waals surface area contributed by atoms with Crippen molar-refractivity contribution < 1.29 is 9.59 Å². The van der Waals surface area contributed by atoms with E-state index in [2.05, 4.69) is 78.3 Å². The van der Waals surface area contributed by atoms with Crippen LogP contribution in [0.15, 0.2) is 172 Å². The second kappa shape index (κ2) is 18.7. The fourth-order valence-corrected chi connectivity index (χ4v) is 6.37. The first-order valence-corrected chi connectivity index (χ1v) is 17.7. The Bertz CT molecular complexity index is 2100. The minimum atomic E-state index is -0.267. The first kappa shape index (κ1) is 37.1. The number of para-hydroxylation sites is 2. The highest BCUT2D eigenvalue weighted by Crippen LogP contribution is 2.40. The molecule has 6 nitrogen and oxygen atoms in total. The van der Waals surface area contributed by atoms with Crippen molar-refractivity contribution in [3.05, 3.63) is 183 Å². The van der Waals surface area contributed by atoms with Gasteiger partial charge < -0.3 is 10.2 Å². The quantitative estimate of drug-likeness (QED) is 0.109. The number of anilines is 2. The van der Waals surface area contributed by atoms with Crippen molar-refractivity contribution >= 4 is 45.0 Å². The van der Waals surface area contributed by atoms with Crippen LogP contribution >= 0.6 is 0 Å². The number of aromatic nitrogens is 2. The van der Waals surface area contributed by atoms with E-state index in [9.17, 15) is 9.59 Å². The molecule has 4 aromatic carbocycles. The number of pyridine rings is 2. The highest BCUT2D eigenvalue weighted by molar-refractivity contribution is 6.08. The maximum absolute atomic E-state index is 12.9. The molecule has 6 aromatic rings. The second-order valence-corrected chi connectivity index (χ2v) is 12.7. The molecular weight excluding hydrogens is 641 g/mol. The maximum Gasteiger partial charge on any atom is 0.232 e. The summed E-state index contributed by atoms with van der Waals surface area (Å²) in [5.74, 6) is -0.152. The Morgan fingerprint density at radius 2 is 1.38 bits per heavy atom. The van der Waals surface area contributed by atoms with Crippen molar-refractivity contribution in [2.75, 3.05) is 10.2 Å². The Morgan fingerprint density at radius 1 is 0.769 bits per heavy atom. The molecule has 52 heavy (non-hydrogen) atoms. The van der Waals surface area contributed by atoms with Crippen molar-refractivity contribution in [3.63, 3.8) is 0 Å². The van der Waals surface area contributed by atoms with E-state index in [0.717, 1.165) is 52.4 Å². The van der Waals surface area contributed by atoms with Gasteiger partial charge in [-0.05, 0) is 62.4 Å². The number of allylic oxidation sites excluding steroid dienone is 2. The molecule has 1 aliphatic rings. The highest BCUT2D eigenvalue weighted by Gasteiger charge is 2.47. The van der Waals surface area contributed by atoms with E-state index in [0.29, 0.717) is 6.42 Å². The minimum absolute atomic E-state index is 0.0233. The van der Waals surface area contributed by atoms with Crippen molar-refractivity contribution in [3.8, 4) is 0 Å². The van der Waals surface area contributed by atoms with Gasteiger partial charge in [0, 0.05) is 29.2 Å². The van der Waals surface area contributed by atoms with E-state index in [-0.39, 0.29) is 29.7 Å². The fourth-order valence-electron chi connectivity index (χ4n) is 6.37. The molecule has 2 amide bonds. The summed E-state index contributed by atoms with van der Waals surface area (Å²) in [6.07, 6.45) is 11.9. The zero-order chi connectivity index (χ0) is 36.7. The van der Waals surface area contributed by atoms with Gasteiger partial charge in [0.05, 0.1) is 34.2 Å². The van der Waals surface area contributed by atoms with Crippen LogP contribution in [0.3, 0.4) is 0 Å². The Morgan fingerprint density at radius 3 is 2.00 bits per heavy atom. The van der Waals surface area contributed by atoms with Gasteiger partial charge in [0.2, 0.25) is 11.8 Å². The lowest BCUT2D eigenvalue weighted by molar-refractivity contribution is -0.130. The van der Waals surface area contributed by atoms with Crippen molar-refractivity contribution in [1.82, 2.24) is 9.97 Å². The molecule has 1 N–H and O–H groups in total. The van der Waals surface area contributed by atoms with Crippen LogP contribution in [-0.2, 0) is 16.0 Å². The zero-order valence-corrected chi connectivity index (χ0v) is 29.8. The minimum Gasteiger partial charge on any atom is -0.324 e. The average molecular weight is 687 g/mol. The molecule has 3 atom stereocenters. The fraction of sp³-hybridized carbons (Fsp3) is 0.174. The maximum atomic E-state index is 12.9. The number of hydrogen-bond donors (Lipinski definition) is 1. The number of fused-ring (bicyclic) bond motifs is 2. The average Bonchev–Trinajstić information content (AvgIpc) is 3.19. The number of aryl methyl sites for hydroxylation is 2. The van der Waals surface area contributed by atoms with E-state index in [1.165, 1.54) is 11.1 Å². The summed E-state index contributed by atoms with van der Waals surface area (Å²) < 4.78 is 0. The van der Waals surface area contributed by atoms with Gasteiger partial charge in [-0.1, -0.05) is 121 Å². The molecule has 1 saturated heterocycles. The summed E-state index contributed by atoms with van der Waals surface area (Å²) >= 11 is 0. The molecule has 0 saturated carbocycles. The molecule has 7 rings (SSSR count). The molecule has 3 heterocycles. The Labute approximate surface area is 307 Å². The Hall–Kier alpha value is -6.14. The second-order valence-electron chi connectivity index (χ2n) is 12.7. The molecule has 6 heteroatoms. The third-order valence-electron chi connectivity index (χ3n) is 9.09. The number of hydrogen-bond acceptors (Lipinski definition) is 4. The predicted molar refractivity (Wildman–Crippen MR) is 216 cm³/mol. The first-order valence-electron chi connectivity index (χ1n) is 17.7. The summed E-state index contributed by atoms with van der Waals surface area (Å²) in [7, 11) is 0. The standard InChI is InChI=1S/C23H22N2O.C16H16N2O.C7H8/c1-2-8-19-20(15-14-17-9-4-3-5-10-17)25(23(19)26)21-13-6-11-18-12-7-16-24-22(18)21;1-3-7-12(4-2)16(19)18-14-10-5-8-13-9-6-11-17-15(13)14;1-7-5-3-2-4-6-7/h2-7,9-13,16,19-20H,1,8,14-15H2;3-6,8-12H,1-2,7H2,(H,18,19);2-6H,1H3. The van der Waals surface area contributed by atoms with Gasteiger partial charge in [0.25, 0.3) is 0 Å². The zero-order valence-electron chi connectivity index (χ0n) is 29.8. The summed E-state index contributed by atoms with van der Waals surface area (Å²) in [6.45, 7) is 13.2. The molecule has 0 radical (unpaired) electrons. The van der Waals surface area contributed by atoms with Crippen LogP contribution in [-0.4, -0.2) is 27.8 Å². The predicted octanol–water partition coefficient (Wildman–Crippen LogP) is 10.3. The van der Waals surface area contributed by atoms with E-state index in [1.54, 1.807) is 24.5 Å². The molecule has 1 fully saturated rings. The van der Waals surface area contributed by atoms with Crippen LogP contribution in [0.4, 0.5) is 11.4 Å². The molecule has 0 spiro atoms. The lowest BCUT2D eigenvalue weighted by Gasteiger charge is -2.47. The molecule has 0 aliphatic carbocycles. The lowest BCUT2D eigenvalue weighted by Crippen LogP contribution is -2.61. The Balaban J connectivity index is 0.000000175. The third-order valence-corrected chi connectivity index (χ3v) is 9.09. The summed E-state index contributed by atoms with van der Waals surface area (Å²) in [6, 6.07) is 40.5.